The van der Waals surface area contributed by atoms with Crippen LogP contribution in [0, 0.1) is 0 Å². The summed E-state index contributed by atoms with van der Waals surface area (Å²) >= 11 is 0. The third kappa shape index (κ3) is 6.80. The van der Waals surface area contributed by atoms with Gasteiger partial charge in [-0.2, -0.15) is 0 Å². The number of aromatic hydroxyl groups is 12. The Morgan fingerprint density at radius 2 is 0.259 bits per heavy atom. The van der Waals surface area contributed by atoms with E-state index in [9.17, 15) is 61.3 Å². The van der Waals surface area contributed by atoms with Crippen molar-refractivity contribution in [3.63, 3.8) is 0 Å². The third-order valence-electron chi connectivity index (χ3n) is 9.96. The monoisotopic (exact) mass is 732 g/mol. The van der Waals surface area contributed by atoms with E-state index in [1.807, 2.05) is 0 Å². The SMILES string of the molecule is Oc1cc(O)c2cc1Cc1cc(c(O)cc1O)Cc1cc(c(O)cc1O)Cc1cc(c(O)cc1O)Cc1cc(c(O)cc1O)Cc1cc(c(O)cc1O)C2. The van der Waals surface area contributed by atoms with Crippen LogP contribution in [0.1, 0.15) is 66.8 Å². The molecule has 7 rings (SSSR count). The van der Waals surface area contributed by atoms with Crippen LogP contribution in [0.15, 0.2) is 72.8 Å². The molecule has 0 heterocycles. The summed E-state index contributed by atoms with van der Waals surface area (Å²) in [5.74, 6) is -3.47. The average molecular weight is 733 g/mol. The minimum absolute atomic E-state index is 0.0667. The van der Waals surface area contributed by atoms with Crippen molar-refractivity contribution in [2.45, 2.75) is 38.5 Å². The molecule has 0 atom stereocenters. The fourth-order valence-corrected chi connectivity index (χ4v) is 6.97. The maximum atomic E-state index is 10.8. The van der Waals surface area contributed by atoms with Crippen molar-refractivity contribution in [3.05, 3.63) is 140 Å². The first-order valence-corrected chi connectivity index (χ1v) is 16.9. The predicted octanol–water partition coefficient (Wildman–Crippen LogP) is 6.01. The Morgan fingerprint density at radius 1 is 0.167 bits per heavy atom. The summed E-state index contributed by atoms with van der Waals surface area (Å²) in [5, 5.41) is 130. The Morgan fingerprint density at radius 3 is 0.352 bits per heavy atom. The lowest BCUT2D eigenvalue weighted by Crippen LogP contribution is -2.00. The molecule has 1 aliphatic rings. The second-order valence-electron chi connectivity index (χ2n) is 13.7. The van der Waals surface area contributed by atoms with Crippen LogP contribution in [-0.4, -0.2) is 61.3 Å². The van der Waals surface area contributed by atoms with Gasteiger partial charge in [0.05, 0.1) is 0 Å². The number of benzene rings is 6. The summed E-state index contributed by atoms with van der Waals surface area (Å²) in [7, 11) is 0. The smallest absolute Gasteiger partial charge is 0.122 e. The molecule has 6 aromatic carbocycles. The van der Waals surface area contributed by atoms with E-state index in [-0.39, 0.29) is 174 Å². The van der Waals surface area contributed by atoms with Gasteiger partial charge in [0.25, 0.3) is 0 Å². The van der Waals surface area contributed by atoms with E-state index < -0.39 is 0 Å². The van der Waals surface area contributed by atoms with Gasteiger partial charge in [0.15, 0.2) is 0 Å². The van der Waals surface area contributed by atoms with Crippen molar-refractivity contribution in [2.24, 2.45) is 0 Å². The third-order valence-corrected chi connectivity index (χ3v) is 9.96. The van der Waals surface area contributed by atoms with Crippen LogP contribution in [0.25, 0.3) is 0 Å². The molecule has 0 fully saturated rings. The number of phenols is 12. The van der Waals surface area contributed by atoms with Gasteiger partial charge in [-0.05, 0) is 103 Å². The first-order valence-electron chi connectivity index (χ1n) is 16.9. The molecule has 12 nitrogen and oxygen atoms in total. The van der Waals surface area contributed by atoms with Crippen molar-refractivity contribution >= 4 is 0 Å². The molecule has 6 aromatic rings. The van der Waals surface area contributed by atoms with Gasteiger partial charge in [0.2, 0.25) is 0 Å². The molecule has 12 N–H and O–H groups in total. The maximum absolute atomic E-state index is 10.8. The van der Waals surface area contributed by atoms with Crippen molar-refractivity contribution in [2.75, 3.05) is 0 Å². The van der Waals surface area contributed by atoms with Gasteiger partial charge in [-0.25, -0.2) is 0 Å². The topological polar surface area (TPSA) is 243 Å². The normalized spacial score (nSPS) is 12.9. The summed E-state index contributed by atoms with van der Waals surface area (Å²) in [6, 6.07) is 15.7. The molecule has 0 saturated heterocycles. The number of rotatable bonds is 0. The van der Waals surface area contributed by atoms with Gasteiger partial charge in [0, 0.05) is 74.9 Å². The minimum atomic E-state index is -0.289. The van der Waals surface area contributed by atoms with Gasteiger partial charge in [-0.15, -0.1) is 0 Å². The van der Waals surface area contributed by atoms with Crippen LogP contribution in [0.3, 0.4) is 0 Å². The molecule has 1 aliphatic carbocycles. The average Bonchev–Trinajstić information content (AvgIpc) is 3.09. The second kappa shape index (κ2) is 13.5. The van der Waals surface area contributed by atoms with E-state index in [1.54, 1.807) is 0 Å². The quantitative estimate of drug-likeness (QED) is 0.0858. The molecule has 0 saturated carbocycles. The number of phenolic OH excluding ortho intramolecular Hbond substituents is 12. The minimum Gasteiger partial charge on any atom is -0.508 e. The zero-order valence-electron chi connectivity index (χ0n) is 28.5. The zero-order valence-corrected chi connectivity index (χ0v) is 28.5. The van der Waals surface area contributed by atoms with E-state index >= 15 is 0 Å². The molecular formula is C42H36O12. The number of hydrogen-bond acceptors (Lipinski definition) is 12. The molecule has 0 radical (unpaired) electrons. The maximum Gasteiger partial charge on any atom is 0.122 e. The van der Waals surface area contributed by atoms with Crippen LogP contribution in [-0.2, 0) is 38.5 Å². The van der Waals surface area contributed by atoms with Gasteiger partial charge < -0.3 is 61.3 Å². The lowest BCUT2D eigenvalue weighted by molar-refractivity contribution is 0.437. The summed E-state index contributed by atoms with van der Waals surface area (Å²) in [4.78, 5) is 0. The van der Waals surface area contributed by atoms with Crippen LogP contribution in [0.2, 0.25) is 0 Å². The predicted molar refractivity (Wildman–Crippen MR) is 195 cm³/mol. The van der Waals surface area contributed by atoms with Gasteiger partial charge in [0.1, 0.15) is 69.0 Å². The van der Waals surface area contributed by atoms with Gasteiger partial charge >= 0.3 is 0 Å². The van der Waals surface area contributed by atoms with E-state index in [0.717, 1.165) is 36.4 Å². The molecule has 0 unspecified atom stereocenters. The van der Waals surface area contributed by atoms with E-state index in [2.05, 4.69) is 0 Å². The summed E-state index contributed by atoms with van der Waals surface area (Å²) < 4.78 is 0. The van der Waals surface area contributed by atoms with Crippen molar-refractivity contribution in [1.29, 1.82) is 0 Å². The Labute approximate surface area is 307 Å². The summed E-state index contributed by atoms with van der Waals surface area (Å²) in [6.07, 6.45) is -0.400. The molecule has 0 aliphatic heterocycles. The van der Waals surface area contributed by atoms with Gasteiger partial charge in [-0.3, -0.25) is 0 Å². The van der Waals surface area contributed by atoms with Crippen molar-refractivity contribution < 1.29 is 61.3 Å². The van der Waals surface area contributed by atoms with E-state index in [1.165, 1.54) is 36.4 Å². The Bertz CT molecular complexity index is 1900. The molecule has 276 valence electrons. The van der Waals surface area contributed by atoms with E-state index in [4.69, 9.17) is 0 Å². The Kier molecular flexibility index (Phi) is 8.82. The largest absolute Gasteiger partial charge is 0.508 e. The highest BCUT2D eigenvalue weighted by Crippen LogP contribution is 2.41. The van der Waals surface area contributed by atoms with Crippen molar-refractivity contribution in [1.82, 2.24) is 0 Å². The lowest BCUT2D eigenvalue weighted by atomic mass is 9.91. The summed E-state index contributed by atoms with van der Waals surface area (Å²) in [5.41, 5.74) is 3.41. The highest BCUT2D eigenvalue weighted by atomic mass is 16.3. The fourth-order valence-electron chi connectivity index (χ4n) is 6.97. The van der Waals surface area contributed by atoms with Gasteiger partial charge in [-0.1, -0.05) is 0 Å². The fraction of sp³-hybridized carbons (Fsp3) is 0.143. The molecule has 0 amide bonds. The number of fused-ring (bicyclic) bond motifs is 12. The number of hydrogen-bond donors (Lipinski definition) is 12. The van der Waals surface area contributed by atoms with Crippen LogP contribution < -0.4 is 0 Å². The molecule has 12 bridgehead atoms. The second-order valence-corrected chi connectivity index (χ2v) is 13.7. The van der Waals surface area contributed by atoms with Crippen LogP contribution in [0.5, 0.6) is 69.0 Å². The van der Waals surface area contributed by atoms with E-state index in [0.29, 0.717) is 0 Å². The molecule has 12 heteroatoms. The Hall–Kier alpha value is -7.08. The van der Waals surface area contributed by atoms with Crippen molar-refractivity contribution in [3.8, 4) is 69.0 Å². The highest BCUT2D eigenvalue weighted by Gasteiger charge is 2.21. The molecule has 0 spiro atoms. The molecule has 54 heavy (non-hydrogen) atoms. The standard InChI is InChI=1S/C42H36O12/c43-31-13-32(44)20-1-19(31)7-21-2-23(35(47)14-33(21)45)9-25-4-27(39(51)16-37(25)49)11-29-6-30(42(54)18-41(29)53)12-28-5-26(38(50)17-40(28)52)10-24-3-22(8-20)34(46)15-36(24)48/h1-6,13-18,43-54H,7-12H2. The lowest BCUT2D eigenvalue weighted by Gasteiger charge is -2.17. The molecular weight excluding hydrogens is 696 g/mol. The zero-order chi connectivity index (χ0) is 38.6. The summed E-state index contributed by atoms with van der Waals surface area (Å²) in [6.45, 7) is 0. The first kappa shape index (κ1) is 35.3. The molecule has 0 aromatic heterocycles. The van der Waals surface area contributed by atoms with Crippen LogP contribution in [0.4, 0.5) is 0 Å². The first-order chi connectivity index (χ1) is 25.6. The van der Waals surface area contributed by atoms with Crippen LogP contribution >= 0.6 is 0 Å². The Balaban J connectivity index is 1.40. The highest BCUT2D eigenvalue weighted by molar-refractivity contribution is 5.58.